The molecule has 0 aromatic carbocycles. The first-order valence-corrected chi connectivity index (χ1v) is 7.26. The molecule has 0 bridgehead atoms. The van der Waals surface area contributed by atoms with Crippen LogP contribution >= 0.6 is 0 Å². The Kier molecular flexibility index (Phi) is 5.19. The molecule has 19 heavy (non-hydrogen) atoms. The molecule has 2 aromatic rings. The average molecular weight is 262 g/mol. The Morgan fingerprint density at radius 2 is 1.11 bits per heavy atom. The second-order valence-corrected chi connectivity index (χ2v) is 5.40. The van der Waals surface area contributed by atoms with Crippen molar-refractivity contribution in [1.29, 1.82) is 0 Å². The summed E-state index contributed by atoms with van der Waals surface area (Å²) in [6.45, 7) is 2.29. The molecule has 0 amide bonds. The molecule has 2 heterocycles. The lowest BCUT2D eigenvalue weighted by molar-refractivity contribution is -0.671. The van der Waals surface area contributed by atoms with Crippen LogP contribution in [0.3, 0.4) is 0 Å². The van der Waals surface area contributed by atoms with Gasteiger partial charge < -0.3 is 0 Å². The lowest BCUT2D eigenvalue weighted by Crippen LogP contribution is -2.23. The van der Waals surface area contributed by atoms with Crippen LogP contribution in [-0.4, -0.2) is 9.13 Å². The summed E-state index contributed by atoms with van der Waals surface area (Å²) in [6, 6.07) is 0. The lowest BCUT2D eigenvalue weighted by Gasteiger charge is -1.99. The number of hydrogen-bond donors (Lipinski definition) is 0. The normalized spacial score (nSPS) is 11.1. The fraction of sp³-hybridized carbons (Fsp3) is 0.600. The molecule has 0 aliphatic heterocycles. The number of unbranched alkanes of at least 4 members (excludes halogenated alkanes) is 4. The SMILES string of the molecule is C[n+]1ccn(CCCCCCCn2cc[n+](C)c2)c1. The molecule has 4 heteroatoms. The van der Waals surface area contributed by atoms with Crippen LogP contribution in [0, 0.1) is 0 Å². The van der Waals surface area contributed by atoms with Gasteiger partial charge in [-0.15, -0.1) is 0 Å². The van der Waals surface area contributed by atoms with Crippen molar-refractivity contribution in [3.63, 3.8) is 0 Å². The Morgan fingerprint density at radius 1 is 0.684 bits per heavy atom. The largest absolute Gasteiger partial charge is 0.243 e. The monoisotopic (exact) mass is 262 g/mol. The van der Waals surface area contributed by atoms with E-state index in [2.05, 4.69) is 69.8 Å². The van der Waals surface area contributed by atoms with Gasteiger partial charge in [-0.2, -0.15) is 0 Å². The highest BCUT2D eigenvalue weighted by Crippen LogP contribution is 2.05. The van der Waals surface area contributed by atoms with E-state index < -0.39 is 0 Å². The van der Waals surface area contributed by atoms with E-state index in [9.17, 15) is 0 Å². The first-order chi connectivity index (χ1) is 9.24. The summed E-state index contributed by atoms with van der Waals surface area (Å²) in [7, 11) is 4.13. The molecular formula is C15H26N4+2. The number of rotatable bonds is 8. The predicted octanol–water partition coefficient (Wildman–Crippen LogP) is 1.59. The molecule has 0 spiro atoms. The Hall–Kier alpha value is -1.58. The minimum Gasteiger partial charge on any atom is -0.240 e. The van der Waals surface area contributed by atoms with Gasteiger partial charge in [0.25, 0.3) is 0 Å². The van der Waals surface area contributed by atoms with Crippen LogP contribution in [0.2, 0.25) is 0 Å². The van der Waals surface area contributed by atoms with E-state index in [1.54, 1.807) is 0 Å². The van der Waals surface area contributed by atoms with Gasteiger partial charge in [0.1, 0.15) is 24.8 Å². The zero-order valence-corrected chi connectivity index (χ0v) is 12.2. The minimum atomic E-state index is 1.15. The van der Waals surface area contributed by atoms with Gasteiger partial charge in [-0.05, 0) is 25.7 Å². The van der Waals surface area contributed by atoms with Gasteiger partial charge in [-0.3, -0.25) is 0 Å². The standard InChI is InChI=1S/C15H26N4/c1-16-10-12-18(14-16)8-6-4-3-5-7-9-19-13-11-17(2)15-19/h10-15H,3-9H2,1-2H3/q+2. The van der Waals surface area contributed by atoms with Crippen LogP contribution in [0.1, 0.15) is 32.1 Å². The van der Waals surface area contributed by atoms with E-state index >= 15 is 0 Å². The number of aromatic nitrogens is 4. The highest BCUT2D eigenvalue weighted by Gasteiger charge is 2.01. The second kappa shape index (κ2) is 7.12. The first kappa shape index (κ1) is 13.8. The smallest absolute Gasteiger partial charge is 0.240 e. The van der Waals surface area contributed by atoms with Crippen LogP contribution in [0.5, 0.6) is 0 Å². The molecule has 104 valence electrons. The topological polar surface area (TPSA) is 17.6 Å². The van der Waals surface area contributed by atoms with Crippen molar-refractivity contribution >= 4 is 0 Å². The summed E-state index contributed by atoms with van der Waals surface area (Å²) in [4.78, 5) is 0. The molecule has 2 aromatic heterocycles. The van der Waals surface area contributed by atoms with E-state index in [1.807, 2.05) is 0 Å². The van der Waals surface area contributed by atoms with Gasteiger partial charge in [-0.1, -0.05) is 6.42 Å². The molecule has 0 fully saturated rings. The number of hydrogen-bond acceptors (Lipinski definition) is 0. The Balaban J connectivity index is 1.48. The van der Waals surface area contributed by atoms with E-state index in [1.165, 1.54) is 32.1 Å². The summed E-state index contributed by atoms with van der Waals surface area (Å²) < 4.78 is 8.72. The first-order valence-electron chi connectivity index (χ1n) is 7.26. The van der Waals surface area contributed by atoms with Crippen molar-refractivity contribution in [2.24, 2.45) is 14.1 Å². The Bertz CT molecular complexity index is 440. The molecule has 0 radical (unpaired) electrons. The molecule has 0 aliphatic carbocycles. The molecule has 0 aliphatic rings. The molecule has 0 saturated heterocycles. The van der Waals surface area contributed by atoms with Crippen LogP contribution in [0.15, 0.2) is 37.4 Å². The fourth-order valence-electron chi connectivity index (χ4n) is 2.39. The van der Waals surface area contributed by atoms with Crippen molar-refractivity contribution in [3.05, 3.63) is 37.4 Å². The molecule has 0 atom stereocenters. The third-order valence-electron chi connectivity index (χ3n) is 3.48. The fourth-order valence-corrected chi connectivity index (χ4v) is 2.39. The lowest BCUT2D eigenvalue weighted by atomic mass is 10.1. The number of aryl methyl sites for hydroxylation is 4. The van der Waals surface area contributed by atoms with Gasteiger partial charge in [-0.25, -0.2) is 18.3 Å². The van der Waals surface area contributed by atoms with E-state index in [0.29, 0.717) is 0 Å². The van der Waals surface area contributed by atoms with Crippen LogP contribution in [-0.2, 0) is 27.2 Å². The van der Waals surface area contributed by atoms with Gasteiger partial charge in [0.2, 0.25) is 12.7 Å². The minimum absolute atomic E-state index is 1.15. The zero-order chi connectivity index (χ0) is 13.5. The van der Waals surface area contributed by atoms with E-state index in [-0.39, 0.29) is 0 Å². The van der Waals surface area contributed by atoms with Gasteiger partial charge in [0, 0.05) is 0 Å². The maximum absolute atomic E-state index is 2.26. The molecule has 2 rings (SSSR count). The van der Waals surface area contributed by atoms with Crippen LogP contribution < -0.4 is 9.13 Å². The summed E-state index contributed by atoms with van der Waals surface area (Å²) >= 11 is 0. The average Bonchev–Trinajstić information content (AvgIpc) is 2.97. The van der Waals surface area contributed by atoms with Gasteiger partial charge in [0.05, 0.1) is 27.2 Å². The third kappa shape index (κ3) is 4.89. The Labute approximate surface area is 115 Å². The van der Waals surface area contributed by atoms with Crippen LogP contribution in [0.25, 0.3) is 0 Å². The van der Waals surface area contributed by atoms with Gasteiger partial charge in [0.15, 0.2) is 0 Å². The Morgan fingerprint density at radius 3 is 1.47 bits per heavy atom. The van der Waals surface area contributed by atoms with E-state index in [4.69, 9.17) is 0 Å². The zero-order valence-electron chi connectivity index (χ0n) is 12.2. The van der Waals surface area contributed by atoms with E-state index in [0.717, 1.165) is 13.1 Å². The summed E-state index contributed by atoms with van der Waals surface area (Å²) in [5.74, 6) is 0. The maximum atomic E-state index is 2.26. The quantitative estimate of drug-likeness (QED) is 0.508. The van der Waals surface area contributed by atoms with Crippen molar-refractivity contribution in [2.75, 3.05) is 0 Å². The van der Waals surface area contributed by atoms with Gasteiger partial charge >= 0.3 is 0 Å². The molecule has 4 nitrogen and oxygen atoms in total. The molecule has 0 N–H and O–H groups in total. The highest BCUT2D eigenvalue weighted by atomic mass is 15.1. The summed E-state index contributed by atoms with van der Waals surface area (Å²) in [5.41, 5.74) is 0. The maximum Gasteiger partial charge on any atom is 0.243 e. The number of nitrogens with zero attached hydrogens (tertiary/aromatic N) is 4. The highest BCUT2D eigenvalue weighted by molar-refractivity contribution is 4.66. The van der Waals surface area contributed by atoms with Crippen molar-refractivity contribution < 1.29 is 9.13 Å². The summed E-state index contributed by atoms with van der Waals surface area (Å²) in [5, 5.41) is 0. The number of imidazole rings is 2. The molecule has 0 unspecified atom stereocenters. The van der Waals surface area contributed by atoms with Crippen molar-refractivity contribution in [2.45, 2.75) is 45.2 Å². The molecular weight excluding hydrogens is 236 g/mol. The van der Waals surface area contributed by atoms with Crippen molar-refractivity contribution in [1.82, 2.24) is 9.13 Å². The van der Waals surface area contributed by atoms with Crippen molar-refractivity contribution in [3.8, 4) is 0 Å². The molecule has 0 saturated carbocycles. The van der Waals surface area contributed by atoms with Crippen LogP contribution in [0.4, 0.5) is 0 Å². The predicted molar refractivity (Wildman–Crippen MR) is 74.3 cm³/mol. The summed E-state index contributed by atoms with van der Waals surface area (Å²) in [6.07, 6.45) is 19.4. The second-order valence-electron chi connectivity index (χ2n) is 5.40. The third-order valence-corrected chi connectivity index (χ3v) is 3.48.